The van der Waals surface area contributed by atoms with Gasteiger partial charge in [0.25, 0.3) is 5.91 Å². The molecule has 0 spiro atoms. The van der Waals surface area contributed by atoms with E-state index in [-0.39, 0.29) is 35.3 Å². The van der Waals surface area contributed by atoms with Gasteiger partial charge in [-0.1, -0.05) is 12.5 Å². The first-order valence-corrected chi connectivity index (χ1v) is 9.60. The molecule has 0 aromatic heterocycles. The number of rotatable bonds is 2. The zero-order valence-corrected chi connectivity index (χ0v) is 15.0. The first kappa shape index (κ1) is 18.3. The average Bonchev–Trinajstić information content (AvgIpc) is 2.91. The first-order valence-electron chi connectivity index (χ1n) is 9.60. The minimum atomic E-state index is -4.47. The SMILES string of the molecule is O=C(C1CCC1)N1C[C@@H]2CC[C@H](C1)N(C(=O)c1cccc(C(F)(F)F)c1)C2. The van der Waals surface area contributed by atoms with Gasteiger partial charge in [0.1, 0.15) is 0 Å². The van der Waals surface area contributed by atoms with E-state index >= 15 is 0 Å². The van der Waals surface area contributed by atoms with Crippen LogP contribution in [0.3, 0.4) is 0 Å². The Labute approximate surface area is 156 Å². The minimum Gasteiger partial charge on any atom is -0.340 e. The summed E-state index contributed by atoms with van der Waals surface area (Å²) in [6, 6.07) is 4.50. The molecule has 0 unspecified atom stereocenters. The normalized spacial score (nSPS) is 25.9. The van der Waals surface area contributed by atoms with E-state index in [4.69, 9.17) is 0 Å². The Hall–Kier alpha value is -2.05. The van der Waals surface area contributed by atoms with Gasteiger partial charge in [0.05, 0.1) is 5.56 Å². The van der Waals surface area contributed by atoms with Crippen molar-refractivity contribution >= 4 is 11.8 Å². The Morgan fingerprint density at radius 2 is 1.78 bits per heavy atom. The lowest BCUT2D eigenvalue weighted by atomic mass is 9.84. The number of hydrogen-bond acceptors (Lipinski definition) is 2. The number of halogens is 3. The van der Waals surface area contributed by atoms with Crippen LogP contribution in [0.15, 0.2) is 24.3 Å². The monoisotopic (exact) mass is 380 g/mol. The molecular formula is C20H23F3N2O2. The molecule has 3 saturated heterocycles. The largest absolute Gasteiger partial charge is 0.416 e. The molecule has 3 heterocycles. The first-order chi connectivity index (χ1) is 12.8. The van der Waals surface area contributed by atoms with Crippen LogP contribution in [0.1, 0.15) is 48.0 Å². The van der Waals surface area contributed by atoms with Crippen molar-refractivity contribution in [1.29, 1.82) is 0 Å². The fourth-order valence-corrected chi connectivity index (χ4v) is 4.42. The van der Waals surface area contributed by atoms with Crippen LogP contribution < -0.4 is 0 Å². The van der Waals surface area contributed by atoms with Crippen molar-refractivity contribution in [3.63, 3.8) is 0 Å². The van der Waals surface area contributed by atoms with Crippen LogP contribution in [0.25, 0.3) is 0 Å². The number of benzene rings is 1. The lowest BCUT2D eigenvalue weighted by Crippen LogP contribution is -2.48. The molecule has 0 N–H and O–H groups in total. The molecule has 3 aliphatic heterocycles. The third-order valence-electron chi connectivity index (χ3n) is 6.18. The van der Waals surface area contributed by atoms with E-state index in [9.17, 15) is 22.8 Å². The summed E-state index contributed by atoms with van der Waals surface area (Å²) in [5.41, 5.74) is -0.746. The number of carbonyl (C=O) groups is 2. The zero-order chi connectivity index (χ0) is 19.2. The van der Waals surface area contributed by atoms with Crippen LogP contribution >= 0.6 is 0 Å². The van der Waals surface area contributed by atoms with Gasteiger partial charge in [0.15, 0.2) is 0 Å². The van der Waals surface area contributed by atoms with Crippen molar-refractivity contribution < 1.29 is 22.8 Å². The van der Waals surface area contributed by atoms with Crippen LogP contribution in [0.2, 0.25) is 0 Å². The molecule has 2 amide bonds. The van der Waals surface area contributed by atoms with E-state index in [1.165, 1.54) is 12.1 Å². The van der Waals surface area contributed by atoms with Crippen LogP contribution in [0.4, 0.5) is 13.2 Å². The topological polar surface area (TPSA) is 40.6 Å². The molecule has 4 nitrogen and oxygen atoms in total. The summed E-state index contributed by atoms with van der Waals surface area (Å²) >= 11 is 0. The van der Waals surface area contributed by atoms with Gasteiger partial charge < -0.3 is 9.80 Å². The van der Waals surface area contributed by atoms with Gasteiger partial charge in [-0.2, -0.15) is 13.2 Å². The highest BCUT2D eigenvalue weighted by Gasteiger charge is 2.41. The number of piperidine rings is 1. The second kappa shape index (κ2) is 6.84. The molecule has 1 aliphatic carbocycles. The van der Waals surface area contributed by atoms with Crippen LogP contribution in [0.5, 0.6) is 0 Å². The molecule has 7 heteroatoms. The van der Waals surface area contributed by atoms with Crippen LogP contribution in [-0.2, 0) is 11.0 Å². The van der Waals surface area contributed by atoms with E-state index in [0.29, 0.717) is 19.6 Å². The third-order valence-corrected chi connectivity index (χ3v) is 6.18. The second-order valence-electron chi connectivity index (χ2n) is 8.00. The molecule has 2 bridgehead atoms. The maximum absolute atomic E-state index is 13.0. The highest BCUT2D eigenvalue weighted by Crippen LogP contribution is 2.34. The predicted octanol–water partition coefficient (Wildman–Crippen LogP) is 3.57. The summed E-state index contributed by atoms with van der Waals surface area (Å²) in [6.07, 6.45) is 0.252. The Morgan fingerprint density at radius 1 is 1.00 bits per heavy atom. The Morgan fingerprint density at radius 3 is 2.44 bits per heavy atom. The van der Waals surface area contributed by atoms with Gasteiger partial charge in [-0.05, 0) is 49.8 Å². The van der Waals surface area contributed by atoms with Gasteiger partial charge in [-0.3, -0.25) is 9.59 Å². The Balaban J connectivity index is 1.53. The number of hydrogen-bond donors (Lipinski definition) is 0. The summed E-state index contributed by atoms with van der Waals surface area (Å²) in [7, 11) is 0. The van der Waals surface area contributed by atoms with Gasteiger partial charge in [0, 0.05) is 37.2 Å². The van der Waals surface area contributed by atoms with Crippen molar-refractivity contribution in [2.24, 2.45) is 11.8 Å². The molecule has 4 fully saturated rings. The van der Waals surface area contributed by atoms with Crippen molar-refractivity contribution in [2.75, 3.05) is 19.6 Å². The van der Waals surface area contributed by atoms with Crippen molar-refractivity contribution in [1.82, 2.24) is 9.80 Å². The van der Waals surface area contributed by atoms with Crippen LogP contribution in [-0.4, -0.2) is 47.3 Å². The van der Waals surface area contributed by atoms with Gasteiger partial charge in [0.2, 0.25) is 5.91 Å². The Bertz CT molecular complexity index is 745. The molecule has 0 radical (unpaired) electrons. The predicted molar refractivity (Wildman–Crippen MR) is 92.9 cm³/mol. The summed E-state index contributed by atoms with van der Waals surface area (Å²) < 4.78 is 38.9. The number of amides is 2. The van der Waals surface area contributed by atoms with E-state index in [2.05, 4.69) is 0 Å². The summed E-state index contributed by atoms with van der Waals surface area (Å²) in [5.74, 6) is 0.137. The average molecular weight is 380 g/mol. The number of fused-ring (bicyclic) bond motifs is 4. The molecule has 1 aromatic rings. The summed E-state index contributed by atoms with van der Waals surface area (Å²) in [6.45, 7) is 1.66. The highest BCUT2D eigenvalue weighted by atomic mass is 19.4. The van der Waals surface area contributed by atoms with Gasteiger partial charge in [-0.15, -0.1) is 0 Å². The number of nitrogens with zero attached hydrogens (tertiary/aromatic N) is 2. The standard InChI is InChI=1S/C20H23F3N2O2/c21-20(22,23)16-6-2-5-15(9-16)19(27)25-11-13-7-8-17(25)12-24(10-13)18(26)14-3-1-4-14/h2,5-6,9,13-14,17H,1,3-4,7-8,10-12H2/t13-,17+/m0/s1. The maximum atomic E-state index is 13.0. The fraction of sp³-hybridized carbons (Fsp3) is 0.600. The lowest BCUT2D eigenvalue weighted by Gasteiger charge is -2.36. The van der Waals surface area contributed by atoms with Gasteiger partial charge in [-0.25, -0.2) is 0 Å². The molecule has 5 rings (SSSR count). The molecule has 27 heavy (non-hydrogen) atoms. The molecule has 4 aliphatic rings. The summed E-state index contributed by atoms with van der Waals surface area (Å²) in [4.78, 5) is 29.2. The summed E-state index contributed by atoms with van der Waals surface area (Å²) in [5, 5.41) is 0. The maximum Gasteiger partial charge on any atom is 0.416 e. The smallest absolute Gasteiger partial charge is 0.340 e. The fourth-order valence-electron chi connectivity index (χ4n) is 4.42. The molecule has 2 atom stereocenters. The zero-order valence-electron chi connectivity index (χ0n) is 15.0. The molecule has 1 aromatic carbocycles. The van der Waals surface area contributed by atoms with E-state index < -0.39 is 11.7 Å². The molecular weight excluding hydrogens is 357 g/mol. The molecule has 146 valence electrons. The van der Waals surface area contributed by atoms with Crippen molar-refractivity contribution in [3.8, 4) is 0 Å². The quantitative estimate of drug-likeness (QED) is 0.787. The Kier molecular flexibility index (Phi) is 4.64. The minimum absolute atomic E-state index is 0.0641. The lowest BCUT2D eigenvalue weighted by molar-refractivity contribution is -0.139. The second-order valence-corrected chi connectivity index (χ2v) is 8.00. The van der Waals surface area contributed by atoms with E-state index in [1.54, 1.807) is 4.90 Å². The third kappa shape index (κ3) is 3.56. The number of alkyl halides is 3. The van der Waals surface area contributed by atoms with E-state index in [1.807, 2.05) is 4.90 Å². The van der Waals surface area contributed by atoms with Gasteiger partial charge >= 0.3 is 6.18 Å². The van der Waals surface area contributed by atoms with Crippen LogP contribution in [0, 0.1) is 11.8 Å². The van der Waals surface area contributed by atoms with Crippen molar-refractivity contribution in [3.05, 3.63) is 35.4 Å². The highest BCUT2D eigenvalue weighted by molar-refractivity contribution is 5.95. The number of carbonyl (C=O) groups excluding carboxylic acids is 2. The van der Waals surface area contributed by atoms with Crippen molar-refractivity contribution in [2.45, 2.75) is 44.3 Å². The molecule has 1 saturated carbocycles. The van der Waals surface area contributed by atoms with E-state index in [0.717, 1.165) is 44.2 Å².